The van der Waals surface area contributed by atoms with Gasteiger partial charge in [0.1, 0.15) is 11.5 Å². The average molecular weight is 509 g/mol. The molecule has 0 spiro atoms. The van der Waals surface area contributed by atoms with E-state index in [1.165, 1.54) is 30.6 Å². The van der Waals surface area contributed by atoms with Gasteiger partial charge < -0.3 is 30.9 Å². The molecular weight excluding hydrogens is 479 g/mol. The SMILES string of the molecule is O=C(Nc1ccc(NC(=O)c2nc[nH]c2C(=O)NCCN2CCCC(CO)C2)cc1)c1ccc(F)cc1. The predicted molar refractivity (Wildman–Crippen MR) is 136 cm³/mol. The van der Waals surface area contributed by atoms with Crippen LogP contribution >= 0.6 is 0 Å². The van der Waals surface area contributed by atoms with E-state index in [0.29, 0.717) is 30.0 Å². The highest BCUT2D eigenvalue weighted by molar-refractivity contribution is 6.10. The van der Waals surface area contributed by atoms with Crippen molar-refractivity contribution >= 4 is 29.1 Å². The number of hydrogen-bond acceptors (Lipinski definition) is 6. The Morgan fingerprint density at radius 3 is 2.35 bits per heavy atom. The molecule has 11 heteroatoms. The van der Waals surface area contributed by atoms with Gasteiger partial charge in [0.05, 0.1) is 6.33 Å². The number of piperidine rings is 1. The number of benzene rings is 2. The minimum atomic E-state index is -0.559. The van der Waals surface area contributed by atoms with Gasteiger partial charge in [0, 0.05) is 43.2 Å². The van der Waals surface area contributed by atoms with Crippen LogP contribution in [-0.2, 0) is 0 Å². The largest absolute Gasteiger partial charge is 0.396 e. The van der Waals surface area contributed by atoms with Crippen molar-refractivity contribution in [2.24, 2.45) is 5.92 Å². The minimum absolute atomic E-state index is 0.0375. The molecule has 1 unspecified atom stereocenters. The summed E-state index contributed by atoms with van der Waals surface area (Å²) in [6, 6.07) is 11.6. The molecule has 1 fully saturated rings. The zero-order chi connectivity index (χ0) is 26.2. The second kappa shape index (κ2) is 12.2. The molecule has 1 aliphatic heterocycles. The number of aliphatic hydroxyl groups excluding tert-OH is 1. The first-order valence-corrected chi connectivity index (χ1v) is 12.1. The number of carbonyl (C=O) groups is 3. The normalized spacial score (nSPS) is 15.7. The molecule has 0 radical (unpaired) electrons. The van der Waals surface area contributed by atoms with Crippen LogP contribution < -0.4 is 16.0 Å². The smallest absolute Gasteiger partial charge is 0.276 e. The predicted octanol–water partition coefficient (Wildman–Crippen LogP) is 2.49. The van der Waals surface area contributed by atoms with Gasteiger partial charge in [-0.2, -0.15) is 0 Å². The summed E-state index contributed by atoms with van der Waals surface area (Å²) in [5.74, 6) is -1.54. The van der Waals surface area contributed by atoms with Crippen LogP contribution in [0.3, 0.4) is 0 Å². The fourth-order valence-electron chi connectivity index (χ4n) is 4.19. The number of nitrogens with one attached hydrogen (secondary N) is 4. The lowest BCUT2D eigenvalue weighted by atomic mass is 9.99. The van der Waals surface area contributed by atoms with Crippen molar-refractivity contribution < 1.29 is 23.9 Å². The monoisotopic (exact) mass is 508 g/mol. The van der Waals surface area contributed by atoms with Gasteiger partial charge in [-0.25, -0.2) is 9.37 Å². The molecule has 5 N–H and O–H groups in total. The molecule has 1 aliphatic rings. The standard InChI is InChI=1S/C26H29FN6O4/c27-19-5-3-18(4-6-19)24(35)31-20-7-9-21(10-8-20)32-26(37)23-22(29-16-30-23)25(36)28-11-13-33-12-1-2-17(14-33)15-34/h3-10,16-17,34H,1-2,11-15H2,(H,28,36)(H,29,30)(H,31,35)(H,32,37). The lowest BCUT2D eigenvalue weighted by Crippen LogP contribution is -2.41. The second-order valence-corrected chi connectivity index (χ2v) is 8.87. The first-order chi connectivity index (χ1) is 17.9. The highest BCUT2D eigenvalue weighted by Gasteiger charge is 2.22. The molecule has 3 aromatic rings. The molecule has 1 atom stereocenters. The maximum Gasteiger partial charge on any atom is 0.276 e. The van der Waals surface area contributed by atoms with Crippen LogP contribution in [0.4, 0.5) is 15.8 Å². The van der Waals surface area contributed by atoms with E-state index in [9.17, 15) is 23.9 Å². The number of hydrogen-bond donors (Lipinski definition) is 5. The van der Waals surface area contributed by atoms with E-state index in [0.717, 1.165) is 25.9 Å². The summed E-state index contributed by atoms with van der Waals surface area (Å²) in [6.07, 6.45) is 3.32. The van der Waals surface area contributed by atoms with Crippen molar-refractivity contribution in [3.05, 3.63) is 77.6 Å². The van der Waals surface area contributed by atoms with Crippen LogP contribution in [0.25, 0.3) is 0 Å². The van der Waals surface area contributed by atoms with E-state index in [2.05, 4.69) is 30.8 Å². The molecule has 0 bridgehead atoms. The van der Waals surface area contributed by atoms with Crippen molar-refractivity contribution in [1.82, 2.24) is 20.2 Å². The van der Waals surface area contributed by atoms with E-state index < -0.39 is 23.5 Å². The van der Waals surface area contributed by atoms with Crippen molar-refractivity contribution in [3.63, 3.8) is 0 Å². The Hall–Kier alpha value is -4.09. The van der Waals surface area contributed by atoms with Crippen molar-refractivity contribution in [1.29, 1.82) is 0 Å². The number of aliphatic hydroxyl groups is 1. The molecular formula is C26H29FN6O4. The number of aromatic amines is 1. The highest BCUT2D eigenvalue weighted by Crippen LogP contribution is 2.17. The number of halogens is 1. The topological polar surface area (TPSA) is 139 Å². The van der Waals surface area contributed by atoms with Crippen LogP contribution in [0.2, 0.25) is 0 Å². The van der Waals surface area contributed by atoms with E-state index in [1.54, 1.807) is 24.3 Å². The summed E-state index contributed by atoms with van der Waals surface area (Å²) in [4.78, 5) is 46.6. The number of amides is 3. The van der Waals surface area contributed by atoms with Crippen molar-refractivity contribution in [2.45, 2.75) is 12.8 Å². The third-order valence-electron chi connectivity index (χ3n) is 6.16. The molecule has 3 amide bonds. The van der Waals surface area contributed by atoms with Crippen LogP contribution in [-0.4, -0.2) is 70.5 Å². The maximum absolute atomic E-state index is 13.0. The molecule has 10 nitrogen and oxygen atoms in total. The summed E-state index contributed by atoms with van der Waals surface area (Å²) < 4.78 is 13.0. The quantitative estimate of drug-likeness (QED) is 0.301. The zero-order valence-corrected chi connectivity index (χ0v) is 20.2. The minimum Gasteiger partial charge on any atom is -0.396 e. The number of aromatic nitrogens is 2. The lowest BCUT2D eigenvalue weighted by Gasteiger charge is -2.31. The molecule has 0 aliphatic carbocycles. The van der Waals surface area contributed by atoms with Gasteiger partial charge in [-0.1, -0.05) is 0 Å². The number of likely N-dealkylation sites (tertiary alicyclic amines) is 1. The Bertz CT molecular complexity index is 1230. The van der Waals surface area contributed by atoms with Gasteiger partial charge in [-0.3, -0.25) is 14.4 Å². The van der Waals surface area contributed by atoms with Crippen molar-refractivity contribution in [3.8, 4) is 0 Å². The molecule has 1 aromatic heterocycles. The number of rotatable bonds is 9. The third-order valence-corrected chi connectivity index (χ3v) is 6.16. The number of anilines is 2. The van der Waals surface area contributed by atoms with Crippen LogP contribution in [0.5, 0.6) is 0 Å². The molecule has 2 heterocycles. The molecule has 37 heavy (non-hydrogen) atoms. The van der Waals surface area contributed by atoms with E-state index in [4.69, 9.17) is 0 Å². The summed E-state index contributed by atoms with van der Waals surface area (Å²) in [7, 11) is 0. The van der Waals surface area contributed by atoms with Gasteiger partial charge in [0.2, 0.25) is 0 Å². The Balaban J connectivity index is 1.28. The molecule has 2 aromatic carbocycles. The number of imidazole rings is 1. The summed E-state index contributed by atoms with van der Waals surface area (Å²) in [6.45, 7) is 2.96. The van der Waals surface area contributed by atoms with Gasteiger partial charge in [-0.15, -0.1) is 0 Å². The highest BCUT2D eigenvalue weighted by atomic mass is 19.1. The number of carbonyl (C=O) groups excluding carboxylic acids is 3. The average Bonchev–Trinajstić information content (AvgIpc) is 3.41. The van der Waals surface area contributed by atoms with Crippen LogP contribution in [0.1, 0.15) is 44.2 Å². The fraction of sp³-hybridized carbons (Fsp3) is 0.308. The van der Waals surface area contributed by atoms with E-state index >= 15 is 0 Å². The molecule has 0 saturated carbocycles. The van der Waals surface area contributed by atoms with Gasteiger partial charge in [-0.05, 0) is 73.8 Å². The Morgan fingerprint density at radius 1 is 1.00 bits per heavy atom. The number of nitrogens with zero attached hydrogens (tertiary/aromatic N) is 2. The number of H-pyrrole nitrogens is 1. The summed E-state index contributed by atoms with van der Waals surface area (Å²) in [5, 5.41) is 17.6. The molecule has 1 saturated heterocycles. The maximum atomic E-state index is 13.0. The van der Waals surface area contributed by atoms with E-state index in [1.807, 2.05) is 0 Å². The van der Waals surface area contributed by atoms with E-state index in [-0.39, 0.29) is 23.9 Å². The fourth-order valence-corrected chi connectivity index (χ4v) is 4.19. The van der Waals surface area contributed by atoms with Crippen LogP contribution in [0.15, 0.2) is 54.9 Å². The van der Waals surface area contributed by atoms with Crippen LogP contribution in [0, 0.1) is 11.7 Å². The Kier molecular flexibility index (Phi) is 8.60. The molecule has 194 valence electrons. The summed E-state index contributed by atoms with van der Waals surface area (Å²) >= 11 is 0. The van der Waals surface area contributed by atoms with Crippen molar-refractivity contribution in [2.75, 3.05) is 43.4 Å². The van der Waals surface area contributed by atoms with Gasteiger partial charge >= 0.3 is 0 Å². The van der Waals surface area contributed by atoms with Gasteiger partial charge in [0.25, 0.3) is 17.7 Å². The first kappa shape index (κ1) is 26.0. The lowest BCUT2D eigenvalue weighted by molar-refractivity contribution is 0.0916. The Labute approximate surface area is 213 Å². The Morgan fingerprint density at radius 2 is 1.68 bits per heavy atom. The third kappa shape index (κ3) is 6.99. The first-order valence-electron chi connectivity index (χ1n) is 12.1. The second-order valence-electron chi connectivity index (χ2n) is 8.87. The summed E-state index contributed by atoms with van der Waals surface area (Å²) in [5.41, 5.74) is 1.28. The molecule has 4 rings (SSSR count). The zero-order valence-electron chi connectivity index (χ0n) is 20.2. The van der Waals surface area contributed by atoms with Gasteiger partial charge in [0.15, 0.2) is 5.69 Å².